The molecule has 0 amide bonds. The van der Waals surface area contributed by atoms with Gasteiger partial charge in [0.2, 0.25) is 0 Å². The third kappa shape index (κ3) is 5.70. The first-order valence-corrected chi connectivity index (χ1v) is 11.8. The number of benzene rings is 2. The summed E-state index contributed by atoms with van der Waals surface area (Å²) in [5, 5.41) is 11.1. The Bertz CT molecular complexity index is 961. The number of aromatic nitrogens is 3. The van der Waals surface area contributed by atoms with E-state index in [2.05, 4.69) is 43.9 Å². The molecule has 1 aromatic heterocycles. The molecule has 0 bridgehead atoms. The van der Waals surface area contributed by atoms with Gasteiger partial charge in [-0.25, -0.2) is 0 Å². The molecule has 1 saturated heterocycles. The molecule has 0 aliphatic carbocycles. The molecule has 0 N–H and O–H groups in total. The molecule has 1 fully saturated rings. The highest BCUT2D eigenvalue weighted by Gasteiger charge is 2.18. The van der Waals surface area contributed by atoms with Crippen molar-refractivity contribution in [2.75, 3.05) is 25.4 Å². The van der Waals surface area contributed by atoms with Crippen LogP contribution >= 0.6 is 35.0 Å². The van der Waals surface area contributed by atoms with Crippen LogP contribution in [0.1, 0.15) is 24.2 Å². The lowest BCUT2D eigenvalue weighted by atomic mass is 10.2. The highest BCUT2D eigenvalue weighted by Crippen LogP contribution is 2.28. The predicted molar refractivity (Wildman–Crippen MR) is 123 cm³/mol. The molecule has 0 unspecified atom stereocenters. The van der Waals surface area contributed by atoms with Gasteiger partial charge < -0.3 is 9.30 Å². The maximum Gasteiger partial charge on any atom is 0.191 e. The van der Waals surface area contributed by atoms with Crippen molar-refractivity contribution in [2.24, 2.45) is 0 Å². The van der Waals surface area contributed by atoms with Gasteiger partial charge >= 0.3 is 0 Å². The van der Waals surface area contributed by atoms with Crippen molar-refractivity contribution in [1.82, 2.24) is 19.7 Å². The number of ether oxygens (including phenoxy) is 1. The van der Waals surface area contributed by atoms with Gasteiger partial charge in [-0.05, 0) is 43.6 Å². The Morgan fingerprint density at radius 3 is 2.57 bits per heavy atom. The molecule has 2 aromatic carbocycles. The zero-order chi connectivity index (χ0) is 20.8. The molecule has 0 saturated carbocycles. The lowest BCUT2D eigenvalue weighted by molar-refractivity contribution is 0.316. The van der Waals surface area contributed by atoms with Crippen LogP contribution in [0.2, 0.25) is 10.0 Å². The Morgan fingerprint density at radius 2 is 1.77 bits per heavy atom. The Labute approximate surface area is 191 Å². The van der Waals surface area contributed by atoms with Gasteiger partial charge in [0.05, 0.1) is 24.7 Å². The second kappa shape index (κ2) is 10.5. The van der Waals surface area contributed by atoms with Gasteiger partial charge in [-0.3, -0.25) is 4.90 Å². The summed E-state index contributed by atoms with van der Waals surface area (Å²) in [7, 11) is 0. The minimum atomic E-state index is 0.504. The van der Waals surface area contributed by atoms with Gasteiger partial charge in [0.25, 0.3) is 0 Å². The van der Waals surface area contributed by atoms with Crippen molar-refractivity contribution in [3.05, 3.63) is 70.0 Å². The molecule has 8 heteroatoms. The molecule has 2 heterocycles. The summed E-state index contributed by atoms with van der Waals surface area (Å²) in [5.41, 5.74) is 1.24. The number of hydrogen-bond acceptors (Lipinski definition) is 5. The summed E-state index contributed by atoms with van der Waals surface area (Å²) in [6.07, 6.45) is 2.52. The summed E-state index contributed by atoms with van der Waals surface area (Å²) in [5.74, 6) is 2.35. The number of likely N-dealkylation sites (tertiary alicyclic amines) is 1. The molecular formula is C22H24Cl2N4OS. The fraction of sp³-hybridized carbons (Fsp3) is 0.364. The van der Waals surface area contributed by atoms with Crippen LogP contribution in [0, 0.1) is 0 Å². The van der Waals surface area contributed by atoms with Gasteiger partial charge in [0.1, 0.15) is 11.6 Å². The van der Waals surface area contributed by atoms with Crippen molar-refractivity contribution in [1.29, 1.82) is 0 Å². The summed E-state index contributed by atoms with van der Waals surface area (Å²) >= 11 is 13.8. The van der Waals surface area contributed by atoms with Gasteiger partial charge in [0.15, 0.2) is 5.16 Å². The van der Waals surface area contributed by atoms with E-state index in [1.165, 1.54) is 18.4 Å². The quantitative estimate of drug-likeness (QED) is 0.314. The Kier molecular flexibility index (Phi) is 7.55. The monoisotopic (exact) mass is 462 g/mol. The van der Waals surface area contributed by atoms with Crippen molar-refractivity contribution in [3.63, 3.8) is 0 Å². The number of thioether (sulfide) groups is 1. The number of rotatable bonds is 9. The van der Waals surface area contributed by atoms with Crippen LogP contribution in [0.15, 0.2) is 53.7 Å². The highest BCUT2D eigenvalue weighted by molar-refractivity contribution is 7.99. The predicted octanol–water partition coefficient (Wildman–Crippen LogP) is 5.40. The molecule has 0 atom stereocenters. The highest BCUT2D eigenvalue weighted by atomic mass is 35.5. The zero-order valence-electron chi connectivity index (χ0n) is 16.6. The van der Waals surface area contributed by atoms with E-state index < -0.39 is 0 Å². The van der Waals surface area contributed by atoms with Crippen LogP contribution in [0.25, 0.3) is 0 Å². The van der Waals surface area contributed by atoms with E-state index in [1.54, 1.807) is 30.0 Å². The minimum Gasteiger partial charge on any atom is -0.491 e. The van der Waals surface area contributed by atoms with Crippen LogP contribution in [-0.4, -0.2) is 45.1 Å². The summed E-state index contributed by atoms with van der Waals surface area (Å²) in [6.45, 7) is 4.38. The molecule has 0 spiro atoms. The molecule has 1 aliphatic rings. The topological polar surface area (TPSA) is 43.2 Å². The average molecular weight is 463 g/mol. The standard InChI is InChI=1S/C22H24Cl2N4OS/c23-18-8-9-19(24)20(14-18)29-12-13-30-22-26-25-21(16-27-10-4-5-11-27)28(22)15-17-6-2-1-3-7-17/h1-3,6-9,14H,4-5,10-13,15-16H2. The van der Waals surface area contributed by atoms with E-state index in [0.29, 0.717) is 22.4 Å². The fourth-order valence-electron chi connectivity index (χ4n) is 3.48. The smallest absolute Gasteiger partial charge is 0.191 e. The van der Waals surface area contributed by atoms with E-state index in [9.17, 15) is 0 Å². The molecule has 5 nitrogen and oxygen atoms in total. The summed E-state index contributed by atoms with van der Waals surface area (Å²) in [6, 6.07) is 15.7. The first-order valence-electron chi connectivity index (χ1n) is 10.1. The van der Waals surface area contributed by atoms with Gasteiger partial charge in [-0.1, -0.05) is 65.3 Å². The van der Waals surface area contributed by atoms with Crippen LogP contribution in [0.4, 0.5) is 0 Å². The molecule has 0 radical (unpaired) electrons. The van der Waals surface area contributed by atoms with E-state index in [4.69, 9.17) is 27.9 Å². The number of halogens is 2. The van der Waals surface area contributed by atoms with E-state index in [0.717, 1.165) is 42.9 Å². The van der Waals surface area contributed by atoms with Crippen LogP contribution < -0.4 is 4.74 Å². The fourth-order valence-corrected chi connectivity index (χ4v) is 4.59. The first kappa shape index (κ1) is 21.5. The Balaban J connectivity index is 1.42. The molecule has 1 aliphatic heterocycles. The molecule has 3 aromatic rings. The maximum atomic E-state index is 6.17. The van der Waals surface area contributed by atoms with Gasteiger partial charge in [-0.15, -0.1) is 10.2 Å². The van der Waals surface area contributed by atoms with E-state index in [1.807, 2.05) is 6.07 Å². The Morgan fingerprint density at radius 1 is 0.967 bits per heavy atom. The van der Waals surface area contributed by atoms with Crippen LogP contribution in [-0.2, 0) is 13.1 Å². The van der Waals surface area contributed by atoms with Crippen LogP contribution in [0.3, 0.4) is 0 Å². The SMILES string of the molecule is Clc1ccc(Cl)c(OCCSc2nnc(CN3CCCC3)n2Cc2ccccc2)c1. The first-order chi connectivity index (χ1) is 14.7. The summed E-state index contributed by atoms with van der Waals surface area (Å²) < 4.78 is 8.04. The largest absolute Gasteiger partial charge is 0.491 e. The normalized spacial score (nSPS) is 14.3. The molecule has 30 heavy (non-hydrogen) atoms. The summed E-state index contributed by atoms with van der Waals surface area (Å²) in [4.78, 5) is 2.45. The lowest BCUT2D eigenvalue weighted by Crippen LogP contribution is -2.21. The van der Waals surface area contributed by atoms with Gasteiger partial charge in [-0.2, -0.15) is 0 Å². The van der Waals surface area contributed by atoms with Crippen molar-refractivity contribution in [2.45, 2.75) is 31.1 Å². The molecule has 158 valence electrons. The van der Waals surface area contributed by atoms with E-state index in [-0.39, 0.29) is 0 Å². The van der Waals surface area contributed by atoms with Crippen molar-refractivity contribution >= 4 is 35.0 Å². The molecule has 4 rings (SSSR count). The average Bonchev–Trinajstić information content (AvgIpc) is 3.40. The number of nitrogens with zero attached hydrogens (tertiary/aromatic N) is 4. The second-order valence-electron chi connectivity index (χ2n) is 7.23. The number of hydrogen-bond donors (Lipinski definition) is 0. The maximum absolute atomic E-state index is 6.17. The van der Waals surface area contributed by atoms with Gasteiger partial charge in [0, 0.05) is 16.8 Å². The van der Waals surface area contributed by atoms with Crippen LogP contribution in [0.5, 0.6) is 5.75 Å². The Hall–Kier alpha value is -1.73. The third-order valence-electron chi connectivity index (χ3n) is 5.01. The lowest BCUT2D eigenvalue weighted by Gasteiger charge is -2.16. The third-order valence-corrected chi connectivity index (χ3v) is 6.48. The minimum absolute atomic E-state index is 0.504. The van der Waals surface area contributed by atoms with Crippen molar-refractivity contribution in [3.8, 4) is 5.75 Å². The van der Waals surface area contributed by atoms with E-state index >= 15 is 0 Å². The molecular weight excluding hydrogens is 439 g/mol. The second-order valence-corrected chi connectivity index (χ2v) is 9.13. The van der Waals surface area contributed by atoms with Crippen molar-refractivity contribution < 1.29 is 4.74 Å². The zero-order valence-corrected chi connectivity index (χ0v) is 19.0.